The first-order valence-corrected chi connectivity index (χ1v) is 9.14. The Balaban J connectivity index is 1.55. The lowest BCUT2D eigenvalue weighted by Gasteiger charge is -2.32. The molecule has 0 radical (unpaired) electrons. The number of anilines is 1. The summed E-state index contributed by atoms with van der Waals surface area (Å²) in [5.74, 6) is 0.294. The van der Waals surface area contributed by atoms with Crippen molar-refractivity contribution in [3.05, 3.63) is 29.8 Å². The van der Waals surface area contributed by atoms with Crippen LogP contribution in [0.5, 0.6) is 0 Å². The maximum Gasteiger partial charge on any atom is 0.227 e. The van der Waals surface area contributed by atoms with E-state index < -0.39 is 0 Å². The molecule has 2 aliphatic heterocycles. The van der Waals surface area contributed by atoms with E-state index in [0.717, 1.165) is 57.8 Å². The molecule has 1 aromatic rings. The number of carbonyl (C=O) groups is 1. The third kappa shape index (κ3) is 4.79. The molecule has 0 aliphatic carbocycles. The zero-order valence-electron chi connectivity index (χ0n) is 14.9. The van der Waals surface area contributed by atoms with Crippen LogP contribution in [0.15, 0.2) is 24.3 Å². The number of amides is 1. The molecular formula is C19H30N4O. The van der Waals surface area contributed by atoms with Crippen molar-refractivity contribution in [3.8, 4) is 0 Å². The number of piperazine rings is 1. The van der Waals surface area contributed by atoms with Crippen molar-refractivity contribution in [2.24, 2.45) is 5.92 Å². The summed E-state index contributed by atoms with van der Waals surface area (Å²) in [5.41, 5.74) is 2.20. The SMILES string of the molecule is C[C@H]1C[C@@H](C(=O)Nc2cccc(CN3CCN(C)CC3)c2)CCN1. The van der Waals surface area contributed by atoms with Gasteiger partial charge in [0.1, 0.15) is 0 Å². The summed E-state index contributed by atoms with van der Waals surface area (Å²) in [6, 6.07) is 8.75. The van der Waals surface area contributed by atoms with Gasteiger partial charge in [0, 0.05) is 50.4 Å². The maximum atomic E-state index is 12.5. The maximum absolute atomic E-state index is 12.5. The Morgan fingerprint density at radius 3 is 2.83 bits per heavy atom. The van der Waals surface area contributed by atoms with E-state index in [4.69, 9.17) is 0 Å². The van der Waals surface area contributed by atoms with Crippen molar-refractivity contribution in [1.29, 1.82) is 0 Å². The Morgan fingerprint density at radius 2 is 2.08 bits per heavy atom. The number of likely N-dealkylation sites (N-methyl/N-ethyl adjacent to an activating group) is 1. The van der Waals surface area contributed by atoms with Gasteiger partial charge in [-0.1, -0.05) is 12.1 Å². The number of rotatable bonds is 4. The minimum absolute atomic E-state index is 0.127. The van der Waals surface area contributed by atoms with E-state index in [1.165, 1.54) is 5.56 Å². The molecule has 5 heteroatoms. The van der Waals surface area contributed by atoms with Gasteiger partial charge in [0.15, 0.2) is 0 Å². The Morgan fingerprint density at radius 1 is 1.29 bits per heavy atom. The number of piperidine rings is 1. The first kappa shape index (κ1) is 17.4. The molecule has 0 unspecified atom stereocenters. The Labute approximate surface area is 145 Å². The van der Waals surface area contributed by atoms with Gasteiger partial charge in [0.25, 0.3) is 0 Å². The summed E-state index contributed by atoms with van der Waals surface area (Å²) in [6.07, 6.45) is 1.85. The van der Waals surface area contributed by atoms with Crippen LogP contribution in [0.3, 0.4) is 0 Å². The molecule has 132 valence electrons. The molecule has 2 N–H and O–H groups in total. The highest BCUT2D eigenvalue weighted by atomic mass is 16.1. The van der Waals surface area contributed by atoms with Gasteiger partial charge in [-0.25, -0.2) is 0 Å². The van der Waals surface area contributed by atoms with E-state index in [2.05, 4.69) is 46.5 Å². The smallest absolute Gasteiger partial charge is 0.227 e. The first-order valence-electron chi connectivity index (χ1n) is 9.14. The molecule has 1 aromatic carbocycles. The molecule has 0 spiro atoms. The van der Waals surface area contributed by atoms with Crippen LogP contribution in [0.25, 0.3) is 0 Å². The number of nitrogens with one attached hydrogen (secondary N) is 2. The zero-order chi connectivity index (χ0) is 16.9. The molecule has 2 saturated heterocycles. The normalized spacial score (nSPS) is 26.2. The summed E-state index contributed by atoms with van der Waals surface area (Å²) in [5, 5.41) is 6.52. The second-order valence-electron chi connectivity index (χ2n) is 7.35. The number of nitrogens with zero attached hydrogens (tertiary/aromatic N) is 2. The Hall–Kier alpha value is -1.43. The van der Waals surface area contributed by atoms with E-state index in [9.17, 15) is 4.79 Å². The van der Waals surface area contributed by atoms with Gasteiger partial charge in [-0.15, -0.1) is 0 Å². The lowest BCUT2D eigenvalue weighted by Crippen LogP contribution is -2.43. The average Bonchev–Trinajstić information content (AvgIpc) is 2.57. The van der Waals surface area contributed by atoms with Crippen LogP contribution < -0.4 is 10.6 Å². The molecule has 1 amide bonds. The third-order valence-corrected chi connectivity index (χ3v) is 5.19. The first-order chi connectivity index (χ1) is 11.6. The van der Waals surface area contributed by atoms with Gasteiger partial charge in [-0.3, -0.25) is 9.69 Å². The molecular weight excluding hydrogens is 300 g/mol. The number of carbonyl (C=O) groups excluding carboxylic acids is 1. The summed E-state index contributed by atoms with van der Waals surface area (Å²) < 4.78 is 0. The monoisotopic (exact) mass is 330 g/mol. The predicted octanol–water partition coefficient (Wildman–Crippen LogP) is 1.76. The number of hydrogen-bond donors (Lipinski definition) is 2. The molecule has 5 nitrogen and oxygen atoms in total. The molecule has 0 aromatic heterocycles. The lowest BCUT2D eigenvalue weighted by atomic mass is 9.92. The number of hydrogen-bond acceptors (Lipinski definition) is 4. The van der Waals surface area contributed by atoms with Crippen molar-refractivity contribution in [3.63, 3.8) is 0 Å². The Kier molecular flexibility index (Phi) is 5.87. The molecule has 2 atom stereocenters. The van der Waals surface area contributed by atoms with Gasteiger partial charge in [-0.05, 0) is 51.1 Å². The molecule has 24 heavy (non-hydrogen) atoms. The number of benzene rings is 1. The van der Waals surface area contributed by atoms with Crippen molar-refractivity contribution < 1.29 is 4.79 Å². The molecule has 2 heterocycles. The van der Waals surface area contributed by atoms with Gasteiger partial charge >= 0.3 is 0 Å². The topological polar surface area (TPSA) is 47.6 Å². The van der Waals surface area contributed by atoms with Gasteiger partial charge in [0.05, 0.1) is 0 Å². The summed E-state index contributed by atoms with van der Waals surface area (Å²) >= 11 is 0. The fourth-order valence-corrected chi connectivity index (χ4v) is 3.63. The zero-order valence-corrected chi connectivity index (χ0v) is 14.9. The van der Waals surface area contributed by atoms with E-state index in [1.54, 1.807) is 0 Å². The molecule has 3 rings (SSSR count). The van der Waals surface area contributed by atoms with E-state index >= 15 is 0 Å². The van der Waals surface area contributed by atoms with Crippen molar-refractivity contribution in [1.82, 2.24) is 15.1 Å². The van der Waals surface area contributed by atoms with Gasteiger partial charge < -0.3 is 15.5 Å². The Bertz CT molecular complexity index is 554. The third-order valence-electron chi connectivity index (χ3n) is 5.19. The van der Waals surface area contributed by atoms with Crippen molar-refractivity contribution >= 4 is 11.6 Å². The molecule has 0 bridgehead atoms. The van der Waals surface area contributed by atoms with Crippen LogP contribution in [-0.2, 0) is 11.3 Å². The predicted molar refractivity (Wildman–Crippen MR) is 98.0 cm³/mol. The minimum atomic E-state index is 0.127. The summed E-state index contributed by atoms with van der Waals surface area (Å²) in [6.45, 7) is 8.52. The van der Waals surface area contributed by atoms with Crippen LogP contribution in [-0.4, -0.2) is 61.5 Å². The molecule has 2 aliphatic rings. The quantitative estimate of drug-likeness (QED) is 0.883. The second kappa shape index (κ2) is 8.10. The minimum Gasteiger partial charge on any atom is -0.326 e. The van der Waals surface area contributed by atoms with Crippen LogP contribution in [0, 0.1) is 5.92 Å². The fourth-order valence-electron chi connectivity index (χ4n) is 3.63. The average molecular weight is 330 g/mol. The van der Waals surface area contributed by atoms with Crippen molar-refractivity contribution in [2.75, 3.05) is 45.1 Å². The second-order valence-corrected chi connectivity index (χ2v) is 7.35. The fraction of sp³-hybridized carbons (Fsp3) is 0.632. The van der Waals surface area contributed by atoms with Gasteiger partial charge in [-0.2, -0.15) is 0 Å². The van der Waals surface area contributed by atoms with Crippen LogP contribution in [0.1, 0.15) is 25.3 Å². The standard InChI is InChI=1S/C19H30N4O/c1-15-12-17(6-7-20-15)19(24)21-18-5-3-4-16(13-18)14-23-10-8-22(2)9-11-23/h3-5,13,15,17,20H,6-12,14H2,1-2H3,(H,21,24)/t15-,17-/m0/s1. The van der Waals surface area contributed by atoms with E-state index in [1.807, 2.05) is 12.1 Å². The summed E-state index contributed by atoms with van der Waals surface area (Å²) in [4.78, 5) is 17.3. The van der Waals surface area contributed by atoms with Crippen LogP contribution >= 0.6 is 0 Å². The van der Waals surface area contributed by atoms with Crippen LogP contribution in [0.2, 0.25) is 0 Å². The highest BCUT2D eigenvalue weighted by Gasteiger charge is 2.24. The summed E-state index contributed by atoms with van der Waals surface area (Å²) in [7, 11) is 2.18. The highest BCUT2D eigenvalue weighted by molar-refractivity contribution is 5.92. The highest BCUT2D eigenvalue weighted by Crippen LogP contribution is 2.20. The largest absolute Gasteiger partial charge is 0.326 e. The molecule has 2 fully saturated rings. The van der Waals surface area contributed by atoms with Crippen molar-refractivity contribution in [2.45, 2.75) is 32.4 Å². The molecule has 0 saturated carbocycles. The van der Waals surface area contributed by atoms with E-state index in [0.29, 0.717) is 6.04 Å². The van der Waals surface area contributed by atoms with Crippen LogP contribution in [0.4, 0.5) is 5.69 Å². The van der Waals surface area contributed by atoms with Gasteiger partial charge in [0.2, 0.25) is 5.91 Å². The lowest BCUT2D eigenvalue weighted by molar-refractivity contribution is -0.120. The van der Waals surface area contributed by atoms with E-state index in [-0.39, 0.29) is 11.8 Å².